The molecule has 3 nitrogen and oxygen atoms in total. The van der Waals surface area contributed by atoms with E-state index in [0.29, 0.717) is 12.0 Å². The van der Waals surface area contributed by atoms with Gasteiger partial charge in [0.2, 0.25) is 0 Å². The fourth-order valence-electron chi connectivity index (χ4n) is 1.28. The Balaban J connectivity index is 3.15. The van der Waals surface area contributed by atoms with E-state index in [0.717, 1.165) is 10.0 Å². The van der Waals surface area contributed by atoms with Crippen molar-refractivity contribution in [1.82, 2.24) is 0 Å². The highest BCUT2D eigenvalue weighted by atomic mass is 79.9. The molecule has 2 N–H and O–H groups in total. The minimum absolute atomic E-state index is 0.0955. The largest absolute Gasteiger partial charge is 0.507 e. The van der Waals surface area contributed by atoms with E-state index in [1.807, 2.05) is 6.92 Å². The summed E-state index contributed by atoms with van der Waals surface area (Å²) in [5.74, 6) is -0.849. The molecule has 0 fully saturated rings. The van der Waals surface area contributed by atoms with Gasteiger partial charge in [0.05, 0.1) is 6.42 Å². The van der Waals surface area contributed by atoms with E-state index >= 15 is 0 Å². The Kier molecular flexibility index (Phi) is 3.52. The quantitative estimate of drug-likeness (QED) is 0.875. The van der Waals surface area contributed by atoms with Crippen LogP contribution in [0.5, 0.6) is 5.75 Å². The van der Waals surface area contributed by atoms with E-state index < -0.39 is 5.97 Å². The number of aliphatic carboxylic acids is 1. The van der Waals surface area contributed by atoms with Gasteiger partial charge in [0.1, 0.15) is 5.75 Å². The molecule has 0 aliphatic heterocycles. The van der Waals surface area contributed by atoms with Gasteiger partial charge in [0.25, 0.3) is 0 Å². The van der Waals surface area contributed by atoms with Crippen molar-refractivity contribution in [2.75, 3.05) is 0 Å². The first-order valence-electron chi connectivity index (χ1n) is 4.26. The molecule has 0 bridgehead atoms. The molecule has 14 heavy (non-hydrogen) atoms. The van der Waals surface area contributed by atoms with Gasteiger partial charge in [-0.2, -0.15) is 0 Å². The Labute approximate surface area is 90.5 Å². The first-order chi connectivity index (χ1) is 6.54. The van der Waals surface area contributed by atoms with Gasteiger partial charge in [-0.15, -0.1) is 0 Å². The van der Waals surface area contributed by atoms with Gasteiger partial charge in [-0.25, -0.2) is 0 Å². The van der Waals surface area contributed by atoms with Gasteiger partial charge in [0, 0.05) is 10.0 Å². The number of hydrogen-bond acceptors (Lipinski definition) is 2. The predicted octanol–water partition coefficient (Wildman–Crippen LogP) is 2.34. The summed E-state index contributed by atoms with van der Waals surface area (Å²) in [5.41, 5.74) is 1.21. The summed E-state index contributed by atoms with van der Waals surface area (Å²) in [7, 11) is 0. The highest BCUT2D eigenvalue weighted by molar-refractivity contribution is 9.10. The number of phenolic OH excluding ortho intramolecular Hbond substituents is 1. The van der Waals surface area contributed by atoms with Crippen LogP contribution in [-0.4, -0.2) is 16.2 Å². The molecular weight excluding hydrogens is 248 g/mol. The number of carbonyl (C=O) groups is 1. The topological polar surface area (TPSA) is 57.5 Å². The zero-order valence-corrected chi connectivity index (χ0v) is 9.34. The zero-order chi connectivity index (χ0) is 10.7. The summed E-state index contributed by atoms with van der Waals surface area (Å²) in [6, 6.07) is 3.42. The minimum Gasteiger partial charge on any atom is -0.507 e. The zero-order valence-electron chi connectivity index (χ0n) is 7.75. The standard InChI is InChI=1S/C10H11BrO3/c1-2-6-3-8(11)4-7(10(6)14)5-9(12)13/h3-4,14H,2,5H2,1H3,(H,12,13). The molecule has 1 rings (SSSR count). The molecule has 0 atom stereocenters. The molecular formula is C10H11BrO3. The Morgan fingerprint density at radius 2 is 2.00 bits per heavy atom. The van der Waals surface area contributed by atoms with Gasteiger partial charge in [-0.1, -0.05) is 22.9 Å². The number of aromatic hydroxyl groups is 1. The molecule has 1 aromatic rings. The van der Waals surface area contributed by atoms with Gasteiger partial charge < -0.3 is 10.2 Å². The van der Waals surface area contributed by atoms with Crippen molar-refractivity contribution in [3.63, 3.8) is 0 Å². The third-order valence-corrected chi connectivity index (χ3v) is 2.41. The highest BCUT2D eigenvalue weighted by Gasteiger charge is 2.10. The number of carboxylic acids is 1. The van der Waals surface area contributed by atoms with Gasteiger partial charge in [-0.3, -0.25) is 4.79 Å². The van der Waals surface area contributed by atoms with Crippen molar-refractivity contribution in [3.8, 4) is 5.75 Å². The molecule has 0 heterocycles. The Hall–Kier alpha value is -1.03. The summed E-state index contributed by atoms with van der Waals surface area (Å²) in [5, 5.41) is 18.3. The first kappa shape index (κ1) is 11.0. The van der Waals surface area contributed by atoms with Crippen LogP contribution in [0, 0.1) is 0 Å². The summed E-state index contributed by atoms with van der Waals surface area (Å²) in [4.78, 5) is 10.5. The van der Waals surface area contributed by atoms with Crippen molar-refractivity contribution >= 4 is 21.9 Å². The number of phenols is 1. The van der Waals surface area contributed by atoms with E-state index in [2.05, 4.69) is 15.9 Å². The van der Waals surface area contributed by atoms with Crippen molar-refractivity contribution in [3.05, 3.63) is 27.7 Å². The van der Waals surface area contributed by atoms with Crippen LogP contribution >= 0.6 is 15.9 Å². The fourth-order valence-corrected chi connectivity index (χ4v) is 1.84. The second kappa shape index (κ2) is 4.46. The SMILES string of the molecule is CCc1cc(Br)cc(CC(=O)O)c1O. The molecule has 0 radical (unpaired) electrons. The summed E-state index contributed by atoms with van der Waals surface area (Å²) >= 11 is 3.27. The summed E-state index contributed by atoms with van der Waals surface area (Å²) in [6.07, 6.45) is 0.524. The maximum Gasteiger partial charge on any atom is 0.307 e. The van der Waals surface area contributed by atoms with Crippen LogP contribution in [0.15, 0.2) is 16.6 Å². The van der Waals surface area contributed by atoms with Gasteiger partial charge in [0.15, 0.2) is 0 Å². The van der Waals surface area contributed by atoms with Crippen LogP contribution in [0.4, 0.5) is 0 Å². The van der Waals surface area contributed by atoms with Crippen LogP contribution in [-0.2, 0) is 17.6 Å². The fraction of sp³-hybridized carbons (Fsp3) is 0.300. The van der Waals surface area contributed by atoms with E-state index in [4.69, 9.17) is 5.11 Å². The second-order valence-corrected chi connectivity index (χ2v) is 3.91. The van der Waals surface area contributed by atoms with E-state index in [1.54, 1.807) is 12.1 Å². The molecule has 0 saturated heterocycles. The highest BCUT2D eigenvalue weighted by Crippen LogP contribution is 2.28. The number of halogens is 1. The van der Waals surface area contributed by atoms with Crippen LogP contribution in [0.25, 0.3) is 0 Å². The Morgan fingerprint density at radius 1 is 1.43 bits per heavy atom. The lowest BCUT2D eigenvalue weighted by Gasteiger charge is -2.07. The average Bonchev–Trinajstić information content (AvgIpc) is 2.09. The molecule has 4 heteroatoms. The smallest absolute Gasteiger partial charge is 0.307 e. The number of hydrogen-bond donors (Lipinski definition) is 2. The maximum atomic E-state index is 10.5. The molecule has 1 aromatic carbocycles. The normalized spacial score (nSPS) is 10.1. The van der Waals surface area contributed by atoms with Crippen LogP contribution in [0.1, 0.15) is 18.1 Å². The Morgan fingerprint density at radius 3 is 2.50 bits per heavy atom. The number of aryl methyl sites for hydroxylation is 1. The number of carboxylic acid groups (broad SMARTS) is 1. The van der Waals surface area contributed by atoms with E-state index in [1.165, 1.54) is 0 Å². The van der Waals surface area contributed by atoms with Crippen molar-refractivity contribution in [2.45, 2.75) is 19.8 Å². The molecule has 0 aliphatic rings. The summed E-state index contributed by atoms with van der Waals surface area (Å²) in [6.45, 7) is 1.91. The third-order valence-electron chi connectivity index (χ3n) is 1.96. The van der Waals surface area contributed by atoms with Crippen molar-refractivity contribution in [1.29, 1.82) is 0 Å². The second-order valence-electron chi connectivity index (χ2n) is 3.00. The van der Waals surface area contributed by atoms with Crippen molar-refractivity contribution < 1.29 is 15.0 Å². The van der Waals surface area contributed by atoms with Crippen LogP contribution < -0.4 is 0 Å². The lowest BCUT2D eigenvalue weighted by atomic mass is 10.0. The average molecular weight is 259 g/mol. The van der Waals surface area contributed by atoms with Crippen molar-refractivity contribution in [2.24, 2.45) is 0 Å². The van der Waals surface area contributed by atoms with Crippen LogP contribution in [0.2, 0.25) is 0 Å². The molecule has 0 aromatic heterocycles. The predicted molar refractivity (Wildman–Crippen MR) is 56.5 cm³/mol. The number of benzene rings is 1. The molecule has 0 spiro atoms. The third kappa shape index (κ3) is 2.48. The Bertz CT molecular complexity index is 361. The maximum absolute atomic E-state index is 10.5. The molecule has 0 aliphatic carbocycles. The van der Waals surface area contributed by atoms with E-state index in [9.17, 15) is 9.90 Å². The summed E-state index contributed by atoms with van der Waals surface area (Å²) < 4.78 is 0.795. The lowest BCUT2D eigenvalue weighted by Crippen LogP contribution is -2.01. The van der Waals surface area contributed by atoms with Crippen LogP contribution in [0.3, 0.4) is 0 Å². The molecule has 76 valence electrons. The molecule has 0 amide bonds. The monoisotopic (exact) mass is 258 g/mol. The minimum atomic E-state index is -0.944. The lowest BCUT2D eigenvalue weighted by molar-refractivity contribution is -0.136. The molecule has 0 saturated carbocycles. The number of rotatable bonds is 3. The van der Waals surface area contributed by atoms with Gasteiger partial charge >= 0.3 is 5.97 Å². The van der Waals surface area contributed by atoms with E-state index in [-0.39, 0.29) is 12.2 Å². The van der Waals surface area contributed by atoms with Gasteiger partial charge in [-0.05, 0) is 24.1 Å². The first-order valence-corrected chi connectivity index (χ1v) is 5.06. The molecule has 0 unspecified atom stereocenters.